The molecular formula is C31H29N5. The molecule has 5 nitrogen and oxygen atoms in total. The van der Waals surface area contributed by atoms with Gasteiger partial charge in [-0.3, -0.25) is 14.3 Å². The van der Waals surface area contributed by atoms with Gasteiger partial charge in [0.2, 0.25) is 0 Å². The average molecular weight is 472 g/mol. The van der Waals surface area contributed by atoms with Gasteiger partial charge in [0.25, 0.3) is 0 Å². The van der Waals surface area contributed by atoms with Crippen molar-refractivity contribution in [2.45, 2.75) is 6.04 Å². The van der Waals surface area contributed by atoms with Gasteiger partial charge in [0.1, 0.15) is 5.65 Å². The monoisotopic (exact) mass is 471 g/mol. The minimum Gasteiger partial charge on any atom is -0.298 e. The van der Waals surface area contributed by atoms with Crippen LogP contribution in [0, 0.1) is 0 Å². The quantitative estimate of drug-likeness (QED) is 0.296. The molecule has 0 atom stereocenters. The maximum absolute atomic E-state index is 4.92. The number of hydrogen-bond donors (Lipinski definition) is 0. The lowest BCUT2D eigenvalue weighted by Crippen LogP contribution is -2.45. The number of nitrogens with zero attached hydrogens (tertiary/aromatic N) is 5. The summed E-state index contributed by atoms with van der Waals surface area (Å²) in [6.45, 7) is 3.66. The predicted octanol–water partition coefficient (Wildman–Crippen LogP) is 5.74. The number of benzene rings is 3. The number of rotatable bonds is 6. The number of hydrazone groups is 1. The smallest absolute Gasteiger partial charge is 0.137 e. The van der Waals surface area contributed by atoms with E-state index < -0.39 is 0 Å². The van der Waals surface area contributed by atoms with E-state index in [1.165, 1.54) is 11.1 Å². The summed E-state index contributed by atoms with van der Waals surface area (Å²) in [6.07, 6.45) is 4.03. The zero-order chi connectivity index (χ0) is 24.2. The highest BCUT2D eigenvalue weighted by molar-refractivity contribution is 5.89. The minimum atomic E-state index is 0.252. The van der Waals surface area contributed by atoms with Crippen molar-refractivity contribution in [1.29, 1.82) is 0 Å². The Balaban J connectivity index is 1.23. The Morgan fingerprint density at radius 1 is 0.667 bits per heavy atom. The number of pyridine rings is 1. The zero-order valence-electron chi connectivity index (χ0n) is 20.2. The van der Waals surface area contributed by atoms with Gasteiger partial charge < -0.3 is 0 Å². The maximum Gasteiger partial charge on any atom is 0.137 e. The van der Waals surface area contributed by atoms with Gasteiger partial charge in [-0.1, -0.05) is 97.1 Å². The van der Waals surface area contributed by atoms with E-state index in [0.29, 0.717) is 0 Å². The summed E-state index contributed by atoms with van der Waals surface area (Å²) in [5.74, 6) is 0. The fourth-order valence-electron chi connectivity index (χ4n) is 5.05. The van der Waals surface area contributed by atoms with E-state index in [1.807, 2.05) is 30.5 Å². The van der Waals surface area contributed by atoms with Crippen LogP contribution in [0.3, 0.4) is 0 Å². The SMILES string of the molecule is C(=N/N1CCN(C(c2ccccc2)c2ccccc2)CC1)/c1c(-c2ccccc2)nc2ccccn12. The van der Waals surface area contributed by atoms with Crippen LogP contribution >= 0.6 is 0 Å². The third kappa shape index (κ3) is 4.53. The third-order valence-electron chi connectivity index (χ3n) is 6.84. The second kappa shape index (κ2) is 10.2. The molecule has 5 heteroatoms. The maximum atomic E-state index is 4.92. The molecule has 0 unspecified atom stereocenters. The average Bonchev–Trinajstić information content (AvgIpc) is 3.33. The molecule has 3 aromatic carbocycles. The Kier molecular flexibility index (Phi) is 6.29. The summed E-state index contributed by atoms with van der Waals surface area (Å²) in [7, 11) is 0. The van der Waals surface area contributed by atoms with Crippen molar-refractivity contribution >= 4 is 11.9 Å². The fraction of sp³-hybridized carbons (Fsp3) is 0.161. The van der Waals surface area contributed by atoms with Crippen LogP contribution in [0.5, 0.6) is 0 Å². The molecule has 6 rings (SSSR count). The lowest BCUT2D eigenvalue weighted by molar-refractivity contribution is 0.113. The molecule has 1 saturated heterocycles. The van der Waals surface area contributed by atoms with Crippen molar-refractivity contribution in [3.63, 3.8) is 0 Å². The standard InChI is InChI=1S/C31H29N5/c1-4-12-25(13-5-1)30-28(36-19-11-10-18-29(36)33-30)24-32-35-22-20-34(21-23-35)31(26-14-6-2-7-15-26)27-16-8-3-9-17-27/h1-19,24,31H,20-23H2/b32-24-. The lowest BCUT2D eigenvalue weighted by Gasteiger charge is -2.38. The molecule has 1 aliphatic heterocycles. The largest absolute Gasteiger partial charge is 0.298 e. The van der Waals surface area contributed by atoms with Crippen LogP contribution in [0.1, 0.15) is 22.9 Å². The van der Waals surface area contributed by atoms with Crippen LogP contribution in [0.4, 0.5) is 0 Å². The van der Waals surface area contributed by atoms with E-state index >= 15 is 0 Å². The molecule has 0 aliphatic carbocycles. The van der Waals surface area contributed by atoms with Crippen LogP contribution in [0.2, 0.25) is 0 Å². The first kappa shape index (κ1) is 22.3. The molecule has 0 saturated carbocycles. The molecule has 0 radical (unpaired) electrons. The number of aromatic nitrogens is 2. The highest BCUT2D eigenvalue weighted by Crippen LogP contribution is 2.29. The molecule has 0 bridgehead atoms. The van der Waals surface area contributed by atoms with Crippen molar-refractivity contribution < 1.29 is 0 Å². The van der Waals surface area contributed by atoms with Gasteiger partial charge >= 0.3 is 0 Å². The van der Waals surface area contributed by atoms with Crippen LogP contribution in [0.25, 0.3) is 16.9 Å². The lowest BCUT2D eigenvalue weighted by atomic mass is 9.96. The summed E-state index contributed by atoms with van der Waals surface area (Å²) in [5.41, 5.74) is 6.65. The summed E-state index contributed by atoms with van der Waals surface area (Å²) >= 11 is 0. The molecule has 178 valence electrons. The predicted molar refractivity (Wildman–Crippen MR) is 146 cm³/mol. The van der Waals surface area contributed by atoms with Crippen molar-refractivity contribution in [2.24, 2.45) is 5.10 Å². The molecule has 3 heterocycles. The Morgan fingerprint density at radius 2 is 1.25 bits per heavy atom. The summed E-state index contributed by atoms with van der Waals surface area (Å²) in [6, 6.07) is 38.3. The van der Waals surface area contributed by atoms with Gasteiger partial charge in [-0.05, 0) is 23.3 Å². The normalized spacial score (nSPS) is 14.8. The fourth-order valence-corrected chi connectivity index (χ4v) is 5.05. The molecule has 2 aromatic heterocycles. The summed E-state index contributed by atoms with van der Waals surface area (Å²) in [5, 5.41) is 7.10. The highest BCUT2D eigenvalue weighted by atomic mass is 15.5. The molecule has 0 amide bonds. The first-order valence-electron chi connectivity index (χ1n) is 12.5. The molecule has 0 N–H and O–H groups in total. The Hall–Kier alpha value is -4.22. The summed E-state index contributed by atoms with van der Waals surface area (Å²) in [4.78, 5) is 7.46. The third-order valence-corrected chi connectivity index (χ3v) is 6.84. The van der Waals surface area contributed by atoms with E-state index in [9.17, 15) is 0 Å². The topological polar surface area (TPSA) is 36.1 Å². The van der Waals surface area contributed by atoms with Gasteiger partial charge in [0.15, 0.2) is 0 Å². The number of piperazine rings is 1. The van der Waals surface area contributed by atoms with E-state index in [2.05, 4.69) is 105 Å². The first-order valence-corrected chi connectivity index (χ1v) is 12.5. The van der Waals surface area contributed by atoms with Crippen molar-refractivity contribution in [3.05, 3.63) is 132 Å². The van der Waals surface area contributed by atoms with Gasteiger partial charge in [-0.15, -0.1) is 0 Å². The second-order valence-electron chi connectivity index (χ2n) is 9.10. The zero-order valence-corrected chi connectivity index (χ0v) is 20.2. The Labute approximate surface area is 212 Å². The van der Waals surface area contributed by atoms with E-state index in [-0.39, 0.29) is 6.04 Å². The van der Waals surface area contributed by atoms with Crippen LogP contribution in [0.15, 0.2) is 120 Å². The minimum absolute atomic E-state index is 0.252. The first-order chi connectivity index (χ1) is 17.9. The van der Waals surface area contributed by atoms with Gasteiger partial charge in [0.05, 0.1) is 23.6 Å². The van der Waals surface area contributed by atoms with E-state index in [1.54, 1.807) is 0 Å². The van der Waals surface area contributed by atoms with E-state index in [4.69, 9.17) is 10.1 Å². The number of fused-ring (bicyclic) bond motifs is 1. The van der Waals surface area contributed by atoms with Crippen molar-refractivity contribution in [1.82, 2.24) is 19.3 Å². The van der Waals surface area contributed by atoms with Gasteiger partial charge in [-0.2, -0.15) is 5.10 Å². The molecule has 0 spiro atoms. The van der Waals surface area contributed by atoms with Gasteiger partial charge in [-0.25, -0.2) is 4.98 Å². The highest BCUT2D eigenvalue weighted by Gasteiger charge is 2.26. The molecule has 36 heavy (non-hydrogen) atoms. The second-order valence-corrected chi connectivity index (χ2v) is 9.10. The molecular weight excluding hydrogens is 442 g/mol. The molecule has 5 aromatic rings. The van der Waals surface area contributed by atoms with Crippen LogP contribution in [-0.2, 0) is 0 Å². The Bertz CT molecular complexity index is 1400. The van der Waals surface area contributed by atoms with Crippen molar-refractivity contribution in [3.8, 4) is 11.3 Å². The molecule has 1 fully saturated rings. The summed E-state index contributed by atoms with van der Waals surface area (Å²) < 4.78 is 2.11. The van der Waals surface area contributed by atoms with Gasteiger partial charge in [0, 0.05) is 37.9 Å². The van der Waals surface area contributed by atoms with Crippen LogP contribution < -0.4 is 0 Å². The van der Waals surface area contributed by atoms with Crippen molar-refractivity contribution in [2.75, 3.05) is 26.2 Å². The Morgan fingerprint density at radius 3 is 1.89 bits per heavy atom. The number of imidazole rings is 1. The molecule has 1 aliphatic rings. The number of hydrogen-bond acceptors (Lipinski definition) is 4. The van der Waals surface area contributed by atoms with Crippen LogP contribution in [-0.4, -0.2) is 51.7 Å². The van der Waals surface area contributed by atoms with E-state index in [0.717, 1.165) is 48.8 Å².